The number of amides is 1. The number of hydrogen-bond donors (Lipinski definition) is 1. The van der Waals surface area contributed by atoms with Gasteiger partial charge in [0.2, 0.25) is 5.91 Å². The summed E-state index contributed by atoms with van der Waals surface area (Å²) in [6, 6.07) is 15.8. The summed E-state index contributed by atoms with van der Waals surface area (Å²) in [6.07, 6.45) is 1.92. The summed E-state index contributed by atoms with van der Waals surface area (Å²) >= 11 is 0. The molecule has 27 heavy (non-hydrogen) atoms. The molecule has 2 aromatic rings. The fourth-order valence-corrected chi connectivity index (χ4v) is 2.74. The molecule has 0 saturated carbocycles. The Bertz CT molecular complexity index is 680. The van der Waals surface area contributed by atoms with Crippen LogP contribution in [0.25, 0.3) is 0 Å². The fraction of sp³-hybridized carbons (Fsp3) is 0.409. The van der Waals surface area contributed by atoms with Crippen LogP contribution in [0.3, 0.4) is 0 Å². The van der Waals surface area contributed by atoms with Gasteiger partial charge in [0.25, 0.3) is 0 Å². The first-order valence-electron chi connectivity index (χ1n) is 9.27. The number of carbonyl (C=O) groups excluding carboxylic acids is 1. The van der Waals surface area contributed by atoms with E-state index in [9.17, 15) is 4.79 Å². The highest BCUT2D eigenvalue weighted by Gasteiger charge is 2.07. The van der Waals surface area contributed by atoms with Gasteiger partial charge in [-0.2, -0.15) is 0 Å². The Morgan fingerprint density at radius 1 is 1.04 bits per heavy atom. The average Bonchev–Trinajstić information content (AvgIpc) is 2.72. The number of aryl methyl sites for hydroxylation is 1. The van der Waals surface area contributed by atoms with Crippen LogP contribution >= 0.6 is 0 Å². The monoisotopic (exact) mass is 371 g/mol. The van der Waals surface area contributed by atoms with E-state index in [1.807, 2.05) is 43.3 Å². The Labute approximate surface area is 161 Å². The van der Waals surface area contributed by atoms with Gasteiger partial charge < -0.3 is 19.5 Å². The van der Waals surface area contributed by atoms with Gasteiger partial charge in [-0.1, -0.05) is 30.3 Å². The molecule has 0 aliphatic carbocycles. The Morgan fingerprint density at radius 2 is 1.70 bits per heavy atom. The van der Waals surface area contributed by atoms with Gasteiger partial charge in [-0.3, -0.25) is 4.79 Å². The molecule has 5 heteroatoms. The predicted octanol–water partition coefficient (Wildman–Crippen LogP) is 3.92. The number of carbonyl (C=O) groups is 1. The van der Waals surface area contributed by atoms with Crippen molar-refractivity contribution in [2.45, 2.75) is 32.3 Å². The molecule has 146 valence electrons. The highest BCUT2D eigenvalue weighted by Crippen LogP contribution is 2.23. The summed E-state index contributed by atoms with van der Waals surface area (Å²) in [6.45, 7) is 3.27. The maximum Gasteiger partial charge on any atom is 0.220 e. The number of benzene rings is 2. The number of nitrogens with one attached hydrogen (secondary N) is 1. The molecule has 0 unspecified atom stereocenters. The predicted molar refractivity (Wildman–Crippen MR) is 106 cm³/mol. The molecular formula is C22H29NO4. The smallest absolute Gasteiger partial charge is 0.220 e. The van der Waals surface area contributed by atoms with Crippen LogP contribution in [0.2, 0.25) is 0 Å². The zero-order valence-corrected chi connectivity index (χ0v) is 16.4. The van der Waals surface area contributed by atoms with Crippen LogP contribution < -0.4 is 14.8 Å². The molecule has 0 aromatic heterocycles. The molecular weight excluding hydrogens is 342 g/mol. The Balaban J connectivity index is 1.64. The highest BCUT2D eigenvalue weighted by atomic mass is 16.5. The van der Waals surface area contributed by atoms with Gasteiger partial charge in [-0.05, 0) is 43.0 Å². The second-order valence-corrected chi connectivity index (χ2v) is 6.35. The molecule has 2 rings (SSSR count). The molecule has 1 N–H and O–H groups in total. The lowest BCUT2D eigenvalue weighted by molar-refractivity contribution is -0.121. The van der Waals surface area contributed by atoms with Crippen molar-refractivity contribution in [3.05, 3.63) is 59.7 Å². The van der Waals surface area contributed by atoms with Gasteiger partial charge in [0.1, 0.15) is 11.5 Å². The normalized spacial score (nSPS) is 11.7. The van der Waals surface area contributed by atoms with E-state index in [4.69, 9.17) is 14.2 Å². The Kier molecular flexibility index (Phi) is 8.65. The van der Waals surface area contributed by atoms with Gasteiger partial charge in [0, 0.05) is 25.6 Å². The molecule has 0 spiro atoms. The third-order valence-corrected chi connectivity index (χ3v) is 4.33. The van der Waals surface area contributed by atoms with Crippen molar-refractivity contribution in [3.8, 4) is 11.5 Å². The van der Waals surface area contributed by atoms with E-state index in [1.54, 1.807) is 14.2 Å². The fourth-order valence-electron chi connectivity index (χ4n) is 2.74. The molecule has 0 heterocycles. The van der Waals surface area contributed by atoms with E-state index in [-0.39, 0.29) is 12.0 Å². The maximum atomic E-state index is 12.0. The first-order valence-corrected chi connectivity index (χ1v) is 9.27. The standard InChI is InChI=1S/C22H29NO4/c1-17(19-8-5-4-6-9-19)27-13-7-12-23-22(24)11-10-18-14-20(25-2)16-21(15-18)26-3/h4-6,8-9,14-17H,7,10-13H2,1-3H3,(H,23,24)/t17-/m1/s1. The summed E-state index contributed by atoms with van der Waals surface area (Å²) < 4.78 is 16.3. The second-order valence-electron chi connectivity index (χ2n) is 6.35. The van der Waals surface area contributed by atoms with E-state index in [0.717, 1.165) is 29.0 Å². The van der Waals surface area contributed by atoms with Gasteiger partial charge >= 0.3 is 0 Å². The summed E-state index contributed by atoms with van der Waals surface area (Å²) in [5, 5.41) is 2.94. The van der Waals surface area contributed by atoms with Crippen LogP contribution in [0.4, 0.5) is 0 Å². The lowest BCUT2D eigenvalue weighted by Gasteiger charge is -2.13. The van der Waals surface area contributed by atoms with E-state index >= 15 is 0 Å². The van der Waals surface area contributed by atoms with Gasteiger partial charge in [-0.25, -0.2) is 0 Å². The topological polar surface area (TPSA) is 56.8 Å². The Hall–Kier alpha value is -2.53. The Morgan fingerprint density at radius 3 is 2.33 bits per heavy atom. The van der Waals surface area contributed by atoms with E-state index in [2.05, 4.69) is 17.4 Å². The molecule has 1 amide bonds. The molecule has 0 aliphatic heterocycles. The summed E-state index contributed by atoms with van der Waals surface area (Å²) in [4.78, 5) is 12.0. The molecule has 0 bridgehead atoms. The quantitative estimate of drug-likeness (QED) is 0.608. The number of rotatable bonds is 11. The first-order chi connectivity index (χ1) is 13.1. The molecule has 0 saturated heterocycles. The molecule has 0 fully saturated rings. The molecule has 0 aliphatic rings. The number of methoxy groups -OCH3 is 2. The van der Waals surface area contributed by atoms with Crippen molar-refractivity contribution in [2.24, 2.45) is 0 Å². The van der Waals surface area contributed by atoms with Crippen LogP contribution in [-0.4, -0.2) is 33.3 Å². The van der Waals surface area contributed by atoms with Crippen LogP contribution in [0.1, 0.15) is 37.0 Å². The lowest BCUT2D eigenvalue weighted by atomic mass is 10.1. The lowest BCUT2D eigenvalue weighted by Crippen LogP contribution is -2.25. The van der Waals surface area contributed by atoms with Gasteiger partial charge in [0.05, 0.1) is 20.3 Å². The summed E-state index contributed by atoms with van der Waals surface area (Å²) in [5.41, 5.74) is 2.18. The van der Waals surface area contributed by atoms with Crippen molar-refractivity contribution in [2.75, 3.05) is 27.4 Å². The van der Waals surface area contributed by atoms with Crippen LogP contribution in [-0.2, 0) is 16.0 Å². The highest BCUT2D eigenvalue weighted by molar-refractivity contribution is 5.76. The molecule has 0 radical (unpaired) electrons. The van der Waals surface area contributed by atoms with E-state index < -0.39 is 0 Å². The maximum absolute atomic E-state index is 12.0. The molecule has 5 nitrogen and oxygen atoms in total. The SMILES string of the molecule is COc1cc(CCC(=O)NCCCO[C@H](C)c2ccccc2)cc(OC)c1. The number of ether oxygens (including phenoxy) is 3. The first kappa shape index (κ1) is 20.8. The van der Waals surface area contributed by atoms with Crippen molar-refractivity contribution in [3.63, 3.8) is 0 Å². The zero-order chi connectivity index (χ0) is 19.5. The number of hydrogen-bond acceptors (Lipinski definition) is 4. The minimum atomic E-state index is 0.0351. The van der Waals surface area contributed by atoms with Crippen molar-refractivity contribution in [1.82, 2.24) is 5.32 Å². The van der Waals surface area contributed by atoms with E-state index in [1.165, 1.54) is 0 Å². The molecule has 1 atom stereocenters. The summed E-state index contributed by atoms with van der Waals surface area (Å²) in [7, 11) is 3.23. The molecule has 2 aromatic carbocycles. The van der Waals surface area contributed by atoms with Crippen LogP contribution in [0, 0.1) is 0 Å². The second kappa shape index (κ2) is 11.2. The van der Waals surface area contributed by atoms with Crippen LogP contribution in [0.5, 0.6) is 11.5 Å². The minimum Gasteiger partial charge on any atom is -0.497 e. The van der Waals surface area contributed by atoms with Crippen molar-refractivity contribution in [1.29, 1.82) is 0 Å². The van der Waals surface area contributed by atoms with Crippen molar-refractivity contribution < 1.29 is 19.0 Å². The van der Waals surface area contributed by atoms with Crippen LogP contribution in [0.15, 0.2) is 48.5 Å². The summed E-state index contributed by atoms with van der Waals surface area (Å²) in [5.74, 6) is 1.50. The van der Waals surface area contributed by atoms with E-state index in [0.29, 0.717) is 26.0 Å². The average molecular weight is 371 g/mol. The van der Waals surface area contributed by atoms with Gasteiger partial charge in [0.15, 0.2) is 0 Å². The van der Waals surface area contributed by atoms with Crippen molar-refractivity contribution >= 4 is 5.91 Å². The zero-order valence-electron chi connectivity index (χ0n) is 16.4. The minimum absolute atomic E-state index is 0.0351. The third kappa shape index (κ3) is 7.31. The largest absolute Gasteiger partial charge is 0.497 e. The third-order valence-electron chi connectivity index (χ3n) is 4.33. The van der Waals surface area contributed by atoms with Gasteiger partial charge in [-0.15, -0.1) is 0 Å².